The summed E-state index contributed by atoms with van der Waals surface area (Å²) in [5.41, 5.74) is 0.390. The van der Waals surface area contributed by atoms with Crippen LogP contribution in [-0.2, 0) is 11.3 Å². The lowest BCUT2D eigenvalue weighted by molar-refractivity contribution is -0.139. The Morgan fingerprint density at radius 1 is 1.71 bits per heavy atom. The molecule has 2 aromatic heterocycles. The second-order valence-corrected chi connectivity index (χ2v) is 4.46. The number of aromatic nitrogens is 2. The fourth-order valence-electron chi connectivity index (χ4n) is 1.32. The molecule has 0 radical (unpaired) electrons. The van der Waals surface area contributed by atoms with Crippen molar-refractivity contribution in [3.05, 3.63) is 33.7 Å². The molecule has 0 aliphatic heterocycles. The number of thiazole rings is 1. The minimum atomic E-state index is -0.932. The van der Waals surface area contributed by atoms with E-state index in [0.29, 0.717) is 10.7 Å². The van der Waals surface area contributed by atoms with Gasteiger partial charge in [0.15, 0.2) is 4.96 Å². The Bertz CT molecular complexity index is 604. The highest BCUT2D eigenvalue weighted by Gasteiger charge is 2.10. The number of carbonyl (C=O) groups is 1. The quantitative estimate of drug-likeness (QED) is 0.819. The van der Waals surface area contributed by atoms with Crippen LogP contribution in [0.5, 0.6) is 0 Å². The van der Waals surface area contributed by atoms with Crippen LogP contribution >= 0.6 is 11.3 Å². The first kappa shape index (κ1) is 11.7. The monoisotopic (exact) mass is 253 g/mol. The number of carboxylic acids is 1. The summed E-state index contributed by atoms with van der Waals surface area (Å²) in [6.07, 6.45) is 1.66. The highest BCUT2D eigenvalue weighted by Crippen LogP contribution is 2.06. The van der Waals surface area contributed by atoms with Crippen molar-refractivity contribution in [3.63, 3.8) is 0 Å². The molecule has 7 heteroatoms. The van der Waals surface area contributed by atoms with Gasteiger partial charge in [-0.15, -0.1) is 11.3 Å². The van der Waals surface area contributed by atoms with Crippen LogP contribution < -0.4 is 10.9 Å². The maximum absolute atomic E-state index is 11.6. The van der Waals surface area contributed by atoms with Crippen molar-refractivity contribution in [1.29, 1.82) is 0 Å². The van der Waals surface area contributed by atoms with Crippen molar-refractivity contribution in [3.8, 4) is 0 Å². The summed E-state index contributed by atoms with van der Waals surface area (Å²) in [7, 11) is 0. The van der Waals surface area contributed by atoms with Gasteiger partial charge in [0.1, 0.15) is 6.04 Å². The molecule has 2 heterocycles. The maximum Gasteiger partial charge on any atom is 0.320 e. The molecule has 1 unspecified atom stereocenters. The zero-order valence-electron chi connectivity index (χ0n) is 9.08. The molecule has 0 aromatic carbocycles. The summed E-state index contributed by atoms with van der Waals surface area (Å²) in [5.74, 6) is -0.932. The Hall–Kier alpha value is -1.73. The third-order valence-corrected chi connectivity index (χ3v) is 3.07. The van der Waals surface area contributed by atoms with Crippen LogP contribution in [-0.4, -0.2) is 26.5 Å². The molecule has 0 aliphatic rings. The molecular weight excluding hydrogens is 242 g/mol. The molecule has 0 saturated heterocycles. The van der Waals surface area contributed by atoms with E-state index in [1.165, 1.54) is 21.8 Å². The van der Waals surface area contributed by atoms with E-state index in [9.17, 15) is 9.59 Å². The van der Waals surface area contributed by atoms with Gasteiger partial charge in [-0.2, -0.15) is 0 Å². The molecule has 0 saturated carbocycles. The highest BCUT2D eigenvalue weighted by atomic mass is 32.1. The van der Waals surface area contributed by atoms with Gasteiger partial charge in [0.2, 0.25) is 0 Å². The van der Waals surface area contributed by atoms with Gasteiger partial charge in [0, 0.05) is 24.2 Å². The fourth-order valence-corrected chi connectivity index (χ4v) is 2.06. The molecular formula is C10H11N3O3S. The van der Waals surface area contributed by atoms with Gasteiger partial charge in [-0.25, -0.2) is 4.98 Å². The topological polar surface area (TPSA) is 83.7 Å². The molecule has 0 bridgehead atoms. The lowest BCUT2D eigenvalue weighted by atomic mass is 10.3. The zero-order chi connectivity index (χ0) is 12.4. The van der Waals surface area contributed by atoms with Crippen LogP contribution in [0.25, 0.3) is 4.96 Å². The van der Waals surface area contributed by atoms with Gasteiger partial charge in [-0.1, -0.05) is 0 Å². The van der Waals surface area contributed by atoms with E-state index in [1.807, 2.05) is 0 Å². The summed E-state index contributed by atoms with van der Waals surface area (Å²) in [4.78, 5) is 27.1. The molecule has 0 amide bonds. The molecule has 0 aliphatic carbocycles. The van der Waals surface area contributed by atoms with E-state index in [0.717, 1.165) is 0 Å². The van der Waals surface area contributed by atoms with Crippen LogP contribution in [0.4, 0.5) is 0 Å². The van der Waals surface area contributed by atoms with Gasteiger partial charge in [0.25, 0.3) is 5.56 Å². The number of hydrogen-bond donors (Lipinski definition) is 2. The number of nitrogens with zero attached hydrogens (tertiary/aromatic N) is 2. The minimum Gasteiger partial charge on any atom is -0.480 e. The molecule has 1 atom stereocenters. The van der Waals surface area contributed by atoms with Crippen LogP contribution in [0.15, 0.2) is 22.4 Å². The van der Waals surface area contributed by atoms with Crippen LogP contribution in [0, 0.1) is 0 Å². The molecule has 2 N–H and O–H groups in total. The number of aliphatic carboxylic acids is 1. The fraction of sp³-hybridized carbons (Fsp3) is 0.300. The Balaban J connectivity index is 2.19. The molecule has 2 rings (SSSR count). The number of hydrogen-bond acceptors (Lipinski definition) is 5. The number of carboxylic acid groups (broad SMARTS) is 1. The third-order valence-electron chi connectivity index (χ3n) is 2.32. The first-order valence-corrected chi connectivity index (χ1v) is 5.88. The second-order valence-electron chi connectivity index (χ2n) is 3.58. The van der Waals surface area contributed by atoms with Gasteiger partial charge >= 0.3 is 5.97 Å². The van der Waals surface area contributed by atoms with Gasteiger partial charge in [-0.3, -0.25) is 19.3 Å². The summed E-state index contributed by atoms with van der Waals surface area (Å²) in [6, 6.07) is 0.736. The number of rotatable bonds is 4. The smallest absolute Gasteiger partial charge is 0.320 e. The lowest BCUT2D eigenvalue weighted by Gasteiger charge is -2.08. The van der Waals surface area contributed by atoms with Gasteiger partial charge < -0.3 is 5.11 Å². The highest BCUT2D eigenvalue weighted by molar-refractivity contribution is 7.15. The van der Waals surface area contributed by atoms with E-state index in [-0.39, 0.29) is 12.1 Å². The molecule has 6 nitrogen and oxygen atoms in total. The van der Waals surface area contributed by atoms with Crippen molar-refractivity contribution >= 4 is 22.3 Å². The van der Waals surface area contributed by atoms with Crippen LogP contribution in [0.2, 0.25) is 0 Å². The van der Waals surface area contributed by atoms with E-state index < -0.39 is 12.0 Å². The largest absolute Gasteiger partial charge is 0.480 e. The third kappa shape index (κ3) is 2.51. The average Bonchev–Trinajstić information content (AvgIpc) is 2.74. The van der Waals surface area contributed by atoms with Gasteiger partial charge in [-0.05, 0) is 6.92 Å². The van der Waals surface area contributed by atoms with E-state index in [1.54, 1.807) is 18.5 Å². The summed E-state index contributed by atoms with van der Waals surface area (Å²) in [5, 5.41) is 13.3. The van der Waals surface area contributed by atoms with Crippen molar-refractivity contribution in [2.24, 2.45) is 0 Å². The van der Waals surface area contributed by atoms with Crippen molar-refractivity contribution < 1.29 is 9.90 Å². The van der Waals surface area contributed by atoms with Crippen LogP contribution in [0.3, 0.4) is 0 Å². The van der Waals surface area contributed by atoms with Gasteiger partial charge in [0.05, 0.1) is 5.69 Å². The predicted octanol–water partition coefficient (Wildman–Crippen LogP) is 0.319. The SMILES string of the molecule is CC(NCc1cc(=O)n2ccsc2n1)C(=O)O. The second kappa shape index (κ2) is 4.64. The number of nitrogens with one attached hydrogen (secondary N) is 1. The zero-order valence-corrected chi connectivity index (χ0v) is 9.90. The Morgan fingerprint density at radius 2 is 2.47 bits per heavy atom. The van der Waals surface area contributed by atoms with E-state index in [4.69, 9.17) is 5.11 Å². The normalized spacial score (nSPS) is 12.8. The summed E-state index contributed by atoms with van der Waals surface area (Å²) in [6.45, 7) is 1.80. The Morgan fingerprint density at radius 3 is 3.18 bits per heavy atom. The predicted molar refractivity (Wildman–Crippen MR) is 63.3 cm³/mol. The van der Waals surface area contributed by atoms with Crippen LogP contribution in [0.1, 0.15) is 12.6 Å². The van der Waals surface area contributed by atoms with E-state index in [2.05, 4.69) is 10.3 Å². The summed E-state index contributed by atoms with van der Waals surface area (Å²) < 4.78 is 1.45. The Kier molecular flexibility index (Phi) is 3.21. The minimum absolute atomic E-state index is 0.156. The standard InChI is InChI=1S/C10H11N3O3S/c1-6(9(15)16)11-5-7-4-8(14)13-2-3-17-10(13)12-7/h2-4,6,11H,5H2,1H3,(H,15,16). The van der Waals surface area contributed by atoms with Crippen molar-refractivity contribution in [2.75, 3.05) is 0 Å². The average molecular weight is 253 g/mol. The lowest BCUT2D eigenvalue weighted by Crippen LogP contribution is -2.33. The molecule has 90 valence electrons. The maximum atomic E-state index is 11.6. The van der Waals surface area contributed by atoms with Crippen molar-refractivity contribution in [1.82, 2.24) is 14.7 Å². The molecule has 17 heavy (non-hydrogen) atoms. The Labute approximate surface area is 101 Å². The summed E-state index contributed by atoms with van der Waals surface area (Å²) >= 11 is 1.36. The first-order chi connectivity index (χ1) is 8.08. The molecule has 0 spiro atoms. The van der Waals surface area contributed by atoms with E-state index >= 15 is 0 Å². The molecule has 2 aromatic rings. The first-order valence-electron chi connectivity index (χ1n) is 5.00. The van der Waals surface area contributed by atoms with Crippen molar-refractivity contribution in [2.45, 2.75) is 19.5 Å². The molecule has 0 fully saturated rings. The number of fused-ring (bicyclic) bond motifs is 1.